The van der Waals surface area contributed by atoms with Gasteiger partial charge in [0.25, 0.3) is 0 Å². The Labute approximate surface area is 136 Å². The van der Waals surface area contributed by atoms with Gasteiger partial charge in [0.2, 0.25) is 5.89 Å². The molecule has 5 heteroatoms. The molecule has 2 heterocycles. The van der Waals surface area contributed by atoms with Gasteiger partial charge < -0.3 is 9.26 Å². The van der Waals surface area contributed by atoms with Gasteiger partial charge in [-0.3, -0.25) is 4.90 Å². The normalized spacial score (nSPS) is 21.2. The summed E-state index contributed by atoms with van der Waals surface area (Å²) >= 11 is 0. The van der Waals surface area contributed by atoms with Crippen molar-refractivity contribution in [2.24, 2.45) is 5.92 Å². The predicted molar refractivity (Wildman–Crippen MR) is 85.9 cm³/mol. The van der Waals surface area contributed by atoms with Crippen molar-refractivity contribution in [3.63, 3.8) is 0 Å². The van der Waals surface area contributed by atoms with Crippen LogP contribution in [0.4, 0.5) is 0 Å². The summed E-state index contributed by atoms with van der Waals surface area (Å²) in [5.74, 6) is 2.16. The zero-order chi connectivity index (χ0) is 15.5. The van der Waals surface area contributed by atoms with E-state index in [4.69, 9.17) is 9.26 Å². The van der Waals surface area contributed by atoms with Crippen LogP contribution in [0.5, 0.6) is 0 Å². The Bertz CT molecular complexity index is 618. The molecule has 1 aromatic heterocycles. The van der Waals surface area contributed by atoms with Gasteiger partial charge in [-0.1, -0.05) is 35.5 Å². The number of aromatic nitrogens is 2. The first-order valence-electron chi connectivity index (χ1n) is 8.54. The third kappa shape index (κ3) is 3.98. The fourth-order valence-electron chi connectivity index (χ4n) is 3.22. The minimum Gasteiger partial charge on any atom is -0.381 e. The minimum atomic E-state index is 0.655. The molecule has 2 fully saturated rings. The molecule has 0 unspecified atom stereocenters. The molecule has 0 spiro atoms. The molecule has 23 heavy (non-hydrogen) atoms. The Morgan fingerprint density at radius 3 is 2.74 bits per heavy atom. The number of ether oxygens (including phenoxy) is 1. The second-order valence-electron chi connectivity index (χ2n) is 6.66. The van der Waals surface area contributed by atoms with E-state index in [-0.39, 0.29) is 0 Å². The van der Waals surface area contributed by atoms with Gasteiger partial charge >= 0.3 is 0 Å². The van der Waals surface area contributed by atoms with E-state index in [2.05, 4.69) is 27.2 Å². The van der Waals surface area contributed by atoms with E-state index >= 15 is 0 Å². The van der Waals surface area contributed by atoms with E-state index in [9.17, 15) is 0 Å². The molecule has 1 saturated carbocycles. The molecule has 1 aromatic carbocycles. The van der Waals surface area contributed by atoms with Crippen molar-refractivity contribution in [2.75, 3.05) is 19.8 Å². The van der Waals surface area contributed by atoms with Gasteiger partial charge in [-0.05, 0) is 30.7 Å². The largest absolute Gasteiger partial charge is 0.381 e. The fourth-order valence-corrected chi connectivity index (χ4v) is 3.22. The number of rotatable bonds is 7. The van der Waals surface area contributed by atoms with Gasteiger partial charge in [-0.15, -0.1) is 0 Å². The zero-order valence-electron chi connectivity index (χ0n) is 13.4. The van der Waals surface area contributed by atoms with Gasteiger partial charge in [0, 0.05) is 25.6 Å². The van der Waals surface area contributed by atoms with Crippen LogP contribution < -0.4 is 0 Å². The van der Waals surface area contributed by atoms with Crippen LogP contribution in [0.1, 0.15) is 36.5 Å². The van der Waals surface area contributed by atoms with Crippen molar-refractivity contribution in [3.05, 3.63) is 47.6 Å². The highest BCUT2D eigenvalue weighted by Gasteiger charge is 2.32. The monoisotopic (exact) mass is 313 g/mol. The van der Waals surface area contributed by atoms with Crippen molar-refractivity contribution in [3.8, 4) is 0 Å². The molecule has 0 N–H and O–H groups in total. The summed E-state index contributed by atoms with van der Waals surface area (Å²) in [4.78, 5) is 7.08. The topological polar surface area (TPSA) is 51.4 Å². The van der Waals surface area contributed by atoms with Gasteiger partial charge in [-0.25, -0.2) is 0 Å². The third-order valence-corrected chi connectivity index (χ3v) is 4.63. The van der Waals surface area contributed by atoms with Gasteiger partial charge in [0.05, 0.1) is 13.2 Å². The maximum atomic E-state index is 5.50. The molecule has 0 bridgehead atoms. The first-order chi connectivity index (χ1) is 11.4. The minimum absolute atomic E-state index is 0.655. The van der Waals surface area contributed by atoms with Crippen LogP contribution in [0, 0.1) is 5.92 Å². The third-order valence-electron chi connectivity index (χ3n) is 4.63. The Kier molecular flexibility index (Phi) is 4.39. The van der Waals surface area contributed by atoms with Crippen LogP contribution in [-0.2, 0) is 17.7 Å². The van der Waals surface area contributed by atoms with Crippen LogP contribution >= 0.6 is 0 Å². The lowest BCUT2D eigenvalue weighted by molar-refractivity contribution is 0.153. The molecule has 0 amide bonds. The van der Waals surface area contributed by atoms with Crippen molar-refractivity contribution in [1.82, 2.24) is 15.0 Å². The maximum absolute atomic E-state index is 5.50. The highest BCUT2D eigenvalue weighted by molar-refractivity contribution is 5.18. The quantitative estimate of drug-likeness (QED) is 0.786. The second-order valence-corrected chi connectivity index (χ2v) is 6.66. The summed E-state index contributed by atoms with van der Waals surface area (Å²) in [7, 11) is 0. The summed E-state index contributed by atoms with van der Waals surface area (Å²) in [5, 5.41) is 4.14. The molecule has 1 atom stereocenters. The van der Waals surface area contributed by atoms with E-state index < -0.39 is 0 Å². The smallest absolute Gasteiger partial charge is 0.240 e. The van der Waals surface area contributed by atoms with Crippen molar-refractivity contribution < 1.29 is 9.26 Å². The van der Waals surface area contributed by atoms with E-state index in [0.29, 0.717) is 12.0 Å². The van der Waals surface area contributed by atoms with Crippen LogP contribution in [0.3, 0.4) is 0 Å². The summed E-state index contributed by atoms with van der Waals surface area (Å²) in [6.07, 6.45) is 4.48. The van der Waals surface area contributed by atoms with Crippen LogP contribution in [0.15, 0.2) is 34.9 Å². The molecule has 1 aliphatic heterocycles. The zero-order valence-corrected chi connectivity index (χ0v) is 13.4. The van der Waals surface area contributed by atoms with Crippen LogP contribution in [-0.4, -0.2) is 40.8 Å². The highest BCUT2D eigenvalue weighted by Crippen LogP contribution is 2.30. The molecule has 5 nitrogen and oxygen atoms in total. The maximum Gasteiger partial charge on any atom is 0.240 e. The summed E-state index contributed by atoms with van der Waals surface area (Å²) < 4.78 is 11.0. The summed E-state index contributed by atoms with van der Waals surface area (Å²) in [6.45, 7) is 3.65. The summed E-state index contributed by atoms with van der Waals surface area (Å²) in [5.41, 5.74) is 1.21. The Hall–Kier alpha value is -1.72. The molecule has 4 rings (SSSR count). The molecule has 122 valence electrons. The molecule has 1 saturated heterocycles. The average molecular weight is 313 g/mol. The molecular formula is C18H23N3O2. The molecule has 1 aliphatic carbocycles. The van der Waals surface area contributed by atoms with Crippen molar-refractivity contribution >= 4 is 0 Å². The lowest BCUT2D eigenvalue weighted by Gasteiger charge is -2.22. The van der Waals surface area contributed by atoms with Crippen molar-refractivity contribution in [2.45, 2.75) is 38.3 Å². The van der Waals surface area contributed by atoms with E-state index in [0.717, 1.165) is 44.4 Å². The number of hydrogen-bond acceptors (Lipinski definition) is 5. The molecule has 0 radical (unpaired) electrons. The lowest BCUT2D eigenvalue weighted by atomic mass is 10.1. The molecule has 2 aromatic rings. The van der Waals surface area contributed by atoms with E-state index in [1.807, 2.05) is 18.2 Å². The van der Waals surface area contributed by atoms with E-state index in [1.165, 1.54) is 24.8 Å². The van der Waals surface area contributed by atoms with E-state index in [1.54, 1.807) is 0 Å². The molecular weight excluding hydrogens is 290 g/mol. The predicted octanol–water partition coefficient (Wildman–Crippen LogP) is 2.66. The Morgan fingerprint density at radius 2 is 2.00 bits per heavy atom. The number of nitrogens with zero attached hydrogens (tertiary/aromatic N) is 3. The summed E-state index contributed by atoms with van der Waals surface area (Å²) in [6, 6.07) is 11.0. The van der Waals surface area contributed by atoms with Gasteiger partial charge in [-0.2, -0.15) is 4.98 Å². The number of hydrogen-bond donors (Lipinski definition) is 0. The lowest BCUT2D eigenvalue weighted by Crippen LogP contribution is -2.31. The first-order valence-corrected chi connectivity index (χ1v) is 8.54. The van der Waals surface area contributed by atoms with Crippen LogP contribution in [0.25, 0.3) is 0 Å². The SMILES string of the molecule is c1ccc(Cc2noc(CN(C[C@H]3CCOC3)C3CC3)n2)cc1. The second kappa shape index (κ2) is 6.81. The number of benzene rings is 1. The first kappa shape index (κ1) is 14.8. The Balaban J connectivity index is 1.37. The fraction of sp³-hybridized carbons (Fsp3) is 0.556. The highest BCUT2D eigenvalue weighted by atomic mass is 16.5. The molecule has 2 aliphatic rings. The van der Waals surface area contributed by atoms with Crippen molar-refractivity contribution in [1.29, 1.82) is 0 Å². The average Bonchev–Trinajstić information content (AvgIpc) is 3.12. The standard InChI is InChI=1S/C18H23N3O2/c1-2-4-14(5-3-1)10-17-19-18(23-20-17)12-21(16-6-7-16)11-15-8-9-22-13-15/h1-5,15-16H,6-13H2/t15-/m1/s1. The Morgan fingerprint density at radius 1 is 1.13 bits per heavy atom. The van der Waals surface area contributed by atoms with Crippen LogP contribution in [0.2, 0.25) is 0 Å². The van der Waals surface area contributed by atoms with Gasteiger partial charge in [0.1, 0.15) is 0 Å². The van der Waals surface area contributed by atoms with Gasteiger partial charge in [0.15, 0.2) is 5.82 Å².